The van der Waals surface area contributed by atoms with Crippen LogP contribution in [0.15, 0.2) is 52.4 Å². The summed E-state index contributed by atoms with van der Waals surface area (Å²) >= 11 is 7.18. The molecule has 28 heavy (non-hydrogen) atoms. The molecule has 0 aliphatic rings. The van der Waals surface area contributed by atoms with Crippen LogP contribution in [-0.4, -0.2) is 15.9 Å². The van der Waals surface area contributed by atoms with Crippen molar-refractivity contribution >= 4 is 40.5 Å². The summed E-state index contributed by atoms with van der Waals surface area (Å²) in [5, 5.41) is 10.9. The van der Waals surface area contributed by atoms with Crippen LogP contribution in [0.1, 0.15) is 16.0 Å². The lowest BCUT2D eigenvalue weighted by atomic mass is 10.2. The Morgan fingerprint density at radius 3 is 2.57 bits per heavy atom. The van der Waals surface area contributed by atoms with Crippen LogP contribution in [-0.2, 0) is 13.2 Å². The topological polar surface area (TPSA) is 49.9 Å². The number of rotatable bonds is 3. The Morgan fingerprint density at radius 2 is 1.89 bits per heavy atom. The summed E-state index contributed by atoms with van der Waals surface area (Å²) in [6.07, 6.45) is -2.98. The molecule has 9 heteroatoms. The summed E-state index contributed by atoms with van der Waals surface area (Å²) < 4.78 is 40.0. The molecule has 146 valence electrons. The molecule has 3 aromatic rings. The van der Waals surface area contributed by atoms with Crippen LogP contribution < -0.4 is 4.80 Å². The van der Waals surface area contributed by atoms with E-state index in [0.717, 1.165) is 29.0 Å². The summed E-state index contributed by atoms with van der Waals surface area (Å²) in [6, 6.07) is 10.0. The van der Waals surface area contributed by atoms with Gasteiger partial charge in [-0.1, -0.05) is 35.1 Å². The van der Waals surface area contributed by atoms with Crippen LogP contribution in [0.2, 0.25) is 5.02 Å². The molecule has 0 unspecified atom stereocenters. The first-order valence-electron chi connectivity index (χ1n) is 8.06. The van der Waals surface area contributed by atoms with E-state index in [-0.39, 0.29) is 11.6 Å². The average Bonchev–Trinajstić information content (AvgIpc) is 2.90. The first-order valence-corrected chi connectivity index (χ1v) is 9.25. The summed E-state index contributed by atoms with van der Waals surface area (Å²) in [4.78, 5) is 9.25. The zero-order valence-corrected chi connectivity index (χ0v) is 16.4. The predicted octanol–water partition coefficient (Wildman–Crippen LogP) is 5.76. The van der Waals surface area contributed by atoms with Crippen LogP contribution in [0.5, 0.6) is 5.88 Å². The molecular weight excluding hydrogens is 411 g/mol. The van der Waals surface area contributed by atoms with Crippen molar-refractivity contribution in [3.05, 3.63) is 68.3 Å². The number of halogens is 4. The molecule has 0 aliphatic carbocycles. The van der Waals surface area contributed by atoms with Crippen LogP contribution in [0.25, 0.3) is 0 Å². The van der Waals surface area contributed by atoms with E-state index < -0.39 is 11.7 Å². The van der Waals surface area contributed by atoms with Crippen molar-refractivity contribution in [2.75, 3.05) is 0 Å². The third kappa shape index (κ3) is 4.45. The lowest BCUT2D eigenvalue weighted by Gasteiger charge is -2.06. The highest BCUT2D eigenvalue weighted by atomic mass is 35.5. The second-order valence-corrected chi connectivity index (χ2v) is 7.40. The Morgan fingerprint density at radius 1 is 1.14 bits per heavy atom. The maximum absolute atomic E-state index is 12.9. The number of aromatic nitrogens is 1. The fraction of sp³-hybridized carbons (Fsp3) is 0.158. The highest BCUT2D eigenvalue weighted by molar-refractivity contribution is 7.11. The van der Waals surface area contributed by atoms with Gasteiger partial charge in [-0.25, -0.2) is 4.99 Å². The molecule has 0 fully saturated rings. The Hall–Kier alpha value is -2.58. The molecule has 4 nitrogen and oxygen atoms in total. The number of aliphatic imine (C=N–C) groups is 1. The quantitative estimate of drug-likeness (QED) is 0.533. The van der Waals surface area contributed by atoms with Gasteiger partial charge in [0.05, 0.1) is 23.2 Å². The predicted molar refractivity (Wildman–Crippen MR) is 105 cm³/mol. The smallest absolute Gasteiger partial charge is 0.416 e. The molecule has 0 aliphatic heterocycles. The van der Waals surface area contributed by atoms with Crippen LogP contribution in [0.4, 0.5) is 24.5 Å². The molecule has 1 N–H and O–H groups in total. The molecule has 0 bridgehead atoms. The van der Waals surface area contributed by atoms with Gasteiger partial charge in [0, 0.05) is 12.1 Å². The van der Waals surface area contributed by atoms with Gasteiger partial charge in [-0.3, -0.25) is 9.56 Å². The van der Waals surface area contributed by atoms with E-state index in [1.807, 2.05) is 13.0 Å². The van der Waals surface area contributed by atoms with E-state index in [9.17, 15) is 18.3 Å². The number of benzene rings is 2. The van der Waals surface area contributed by atoms with E-state index in [0.29, 0.717) is 20.4 Å². The molecule has 2 aromatic carbocycles. The number of nitrogens with zero attached hydrogens (tertiary/aromatic N) is 3. The van der Waals surface area contributed by atoms with Crippen molar-refractivity contribution in [1.82, 2.24) is 4.57 Å². The van der Waals surface area contributed by atoms with Crippen LogP contribution in [0, 0.1) is 6.92 Å². The van der Waals surface area contributed by atoms with Gasteiger partial charge in [-0.15, -0.1) is 0 Å². The van der Waals surface area contributed by atoms with Crippen molar-refractivity contribution in [1.29, 1.82) is 0 Å². The minimum atomic E-state index is -4.45. The van der Waals surface area contributed by atoms with Crippen molar-refractivity contribution in [3.8, 4) is 5.88 Å². The monoisotopic (exact) mass is 425 g/mol. The fourth-order valence-corrected chi connectivity index (χ4v) is 3.39. The summed E-state index contributed by atoms with van der Waals surface area (Å²) in [6.45, 7) is 1.88. The van der Waals surface area contributed by atoms with Crippen molar-refractivity contribution in [2.24, 2.45) is 17.0 Å². The van der Waals surface area contributed by atoms with Crippen molar-refractivity contribution in [3.63, 3.8) is 0 Å². The summed E-state index contributed by atoms with van der Waals surface area (Å²) in [7, 11) is 1.57. The van der Waals surface area contributed by atoms with E-state index in [1.165, 1.54) is 22.9 Å². The van der Waals surface area contributed by atoms with E-state index >= 15 is 0 Å². The highest BCUT2D eigenvalue weighted by Gasteiger charge is 2.30. The number of hydrogen-bond donors (Lipinski definition) is 1. The van der Waals surface area contributed by atoms with Gasteiger partial charge in [0.2, 0.25) is 5.88 Å². The lowest BCUT2D eigenvalue weighted by Crippen LogP contribution is -2.09. The molecule has 0 atom stereocenters. The standard InChI is InChI=1S/C19H15ClF3N3OS/c1-11-6-7-13(9-15(11)20)24-10-16-17(27)26(2)18(28-16)25-14-5-3-4-12(8-14)19(21,22)23/h3-10,27H,1-2H3. The minimum absolute atomic E-state index is 0.0855. The van der Waals surface area contributed by atoms with Gasteiger partial charge in [0.1, 0.15) is 4.88 Å². The summed E-state index contributed by atoms with van der Waals surface area (Å²) in [5.74, 6) is -0.0855. The normalized spacial score (nSPS) is 12.9. The maximum Gasteiger partial charge on any atom is 0.416 e. The number of hydrogen-bond acceptors (Lipinski definition) is 4. The van der Waals surface area contributed by atoms with Gasteiger partial charge in [0.25, 0.3) is 0 Å². The highest BCUT2D eigenvalue weighted by Crippen LogP contribution is 2.31. The van der Waals surface area contributed by atoms with Crippen molar-refractivity contribution in [2.45, 2.75) is 13.1 Å². The van der Waals surface area contributed by atoms with Gasteiger partial charge in [-0.05, 0) is 42.8 Å². The Labute approximate surface area is 167 Å². The maximum atomic E-state index is 12.9. The zero-order valence-electron chi connectivity index (χ0n) is 14.8. The molecule has 0 saturated carbocycles. The largest absolute Gasteiger partial charge is 0.493 e. The van der Waals surface area contributed by atoms with E-state index in [4.69, 9.17) is 11.6 Å². The SMILES string of the molecule is Cc1ccc(N=Cc2sc(=Nc3cccc(C(F)(F)F)c3)n(C)c2O)cc1Cl. The fourth-order valence-electron chi connectivity index (χ4n) is 2.31. The van der Waals surface area contributed by atoms with Crippen molar-refractivity contribution < 1.29 is 18.3 Å². The van der Waals surface area contributed by atoms with Gasteiger partial charge < -0.3 is 5.11 Å². The Balaban J connectivity index is 1.96. The number of aryl methyl sites for hydroxylation is 1. The third-order valence-corrected chi connectivity index (χ3v) is 5.37. The van der Waals surface area contributed by atoms with E-state index in [2.05, 4.69) is 9.98 Å². The summed E-state index contributed by atoms with van der Waals surface area (Å²) in [5.41, 5.74) is 0.895. The molecule has 1 heterocycles. The van der Waals surface area contributed by atoms with E-state index in [1.54, 1.807) is 19.2 Å². The number of thiazole rings is 1. The number of aromatic hydroxyl groups is 1. The first-order chi connectivity index (χ1) is 13.1. The molecule has 0 radical (unpaired) electrons. The molecule has 0 spiro atoms. The first kappa shape index (κ1) is 20.2. The van der Waals surface area contributed by atoms with Crippen LogP contribution >= 0.6 is 22.9 Å². The van der Waals surface area contributed by atoms with Gasteiger partial charge in [0.15, 0.2) is 4.80 Å². The van der Waals surface area contributed by atoms with Gasteiger partial charge >= 0.3 is 6.18 Å². The molecule has 0 saturated heterocycles. The molecular formula is C19H15ClF3N3OS. The molecule has 1 aromatic heterocycles. The minimum Gasteiger partial charge on any atom is -0.493 e. The Bertz CT molecular complexity index is 1120. The Kier molecular flexibility index (Phi) is 5.62. The van der Waals surface area contributed by atoms with Gasteiger partial charge in [-0.2, -0.15) is 13.2 Å². The second-order valence-electron chi connectivity index (χ2n) is 5.98. The third-order valence-electron chi connectivity index (χ3n) is 3.91. The zero-order chi connectivity index (χ0) is 20.5. The molecule has 3 rings (SSSR count). The molecule has 0 amide bonds. The second kappa shape index (κ2) is 7.81. The lowest BCUT2D eigenvalue weighted by molar-refractivity contribution is -0.137. The average molecular weight is 426 g/mol. The van der Waals surface area contributed by atoms with Crippen LogP contribution in [0.3, 0.4) is 0 Å². The number of alkyl halides is 3.